The van der Waals surface area contributed by atoms with Crippen molar-refractivity contribution in [3.63, 3.8) is 0 Å². The van der Waals surface area contributed by atoms with E-state index < -0.39 is 0 Å². The van der Waals surface area contributed by atoms with Gasteiger partial charge in [0.15, 0.2) is 0 Å². The number of piperazine rings is 1. The molecule has 1 aromatic heterocycles. The first kappa shape index (κ1) is 13.8. The maximum absolute atomic E-state index is 4.41. The molecule has 0 radical (unpaired) electrons. The van der Waals surface area contributed by atoms with E-state index in [1.807, 2.05) is 6.92 Å². The maximum Gasteiger partial charge on any atom is 0.244 e. The molecule has 2 saturated heterocycles. The van der Waals surface area contributed by atoms with E-state index in [1.54, 1.807) is 0 Å². The van der Waals surface area contributed by atoms with E-state index in [1.165, 1.54) is 32.4 Å². The van der Waals surface area contributed by atoms with Crippen LogP contribution in [0, 0.1) is 6.92 Å². The zero-order valence-corrected chi connectivity index (χ0v) is 12.7. The third-order valence-electron chi connectivity index (χ3n) is 4.69. The van der Waals surface area contributed by atoms with E-state index in [0.29, 0.717) is 0 Å². The molecule has 3 rings (SSSR count). The number of anilines is 1. The van der Waals surface area contributed by atoms with Crippen molar-refractivity contribution >= 4 is 5.95 Å². The maximum atomic E-state index is 4.41. The third kappa shape index (κ3) is 3.12. The minimum atomic E-state index is 0.809. The van der Waals surface area contributed by atoms with Crippen molar-refractivity contribution in [2.45, 2.75) is 32.2 Å². The Balaban J connectivity index is 1.42. The zero-order valence-electron chi connectivity index (χ0n) is 12.7. The van der Waals surface area contributed by atoms with E-state index in [0.717, 1.165) is 44.0 Å². The summed E-state index contributed by atoms with van der Waals surface area (Å²) in [6.45, 7) is 8.80. The molecule has 0 spiro atoms. The lowest BCUT2D eigenvalue weighted by Gasteiger charge is -2.35. The van der Waals surface area contributed by atoms with Crippen LogP contribution < -0.4 is 4.90 Å². The second-order valence-electron chi connectivity index (χ2n) is 6.11. The average Bonchev–Trinajstić information content (AvgIpc) is 3.06. The molecule has 0 bridgehead atoms. The van der Waals surface area contributed by atoms with Gasteiger partial charge in [-0.3, -0.25) is 10.00 Å². The van der Waals surface area contributed by atoms with Crippen LogP contribution in [-0.4, -0.2) is 77.3 Å². The minimum absolute atomic E-state index is 0.809. The Morgan fingerprint density at radius 3 is 2.60 bits per heavy atom. The second-order valence-corrected chi connectivity index (χ2v) is 6.11. The molecule has 6 heteroatoms. The van der Waals surface area contributed by atoms with Crippen molar-refractivity contribution in [3.05, 3.63) is 5.82 Å². The fourth-order valence-corrected chi connectivity index (χ4v) is 3.32. The van der Waals surface area contributed by atoms with Gasteiger partial charge in [0.1, 0.15) is 5.82 Å². The van der Waals surface area contributed by atoms with Gasteiger partial charge in [0.25, 0.3) is 0 Å². The minimum Gasteiger partial charge on any atom is -0.337 e. The molecule has 2 aliphatic rings. The summed E-state index contributed by atoms with van der Waals surface area (Å²) in [6, 6.07) is 0.809. The van der Waals surface area contributed by atoms with Gasteiger partial charge < -0.3 is 9.80 Å². The zero-order chi connectivity index (χ0) is 13.9. The number of hydrogen-bond acceptors (Lipinski definition) is 5. The number of aromatic amines is 1. The summed E-state index contributed by atoms with van der Waals surface area (Å²) >= 11 is 0. The number of nitrogens with zero attached hydrogens (tertiary/aromatic N) is 5. The monoisotopic (exact) mass is 278 g/mol. The molecule has 112 valence electrons. The summed E-state index contributed by atoms with van der Waals surface area (Å²) in [5, 5.41) is 7.17. The lowest BCUT2D eigenvalue weighted by atomic mass is 10.1. The average molecular weight is 278 g/mol. The van der Waals surface area contributed by atoms with Gasteiger partial charge in [0.05, 0.1) is 0 Å². The van der Waals surface area contributed by atoms with Crippen LogP contribution in [-0.2, 0) is 0 Å². The van der Waals surface area contributed by atoms with Gasteiger partial charge in [0, 0.05) is 32.2 Å². The molecule has 2 fully saturated rings. The second kappa shape index (κ2) is 6.10. The summed E-state index contributed by atoms with van der Waals surface area (Å²) in [6.07, 6.45) is 4.07. The summed E-state index contributed by atoms with van der Waals surface area (Å²) < 4.78 is 0. The molecule has 0 aliphatic carbocycles. The molecule has 0 saturated carbocycles. The van der Waals surface area contributed by atoms with Crippen LogP contribution in [0.15, 0.2) is 0 Å². The van der Waals surface area contributed by atoms with Gasteiger partial charge >= 0.3 is 0 Å². The molecule has 20 heavy (non-hydrogen) atoms. The first-order valence-electron chi connectivity index (χ1n) is 7.79. The molecule has 1 aromatic rings. The number of hydrogen-bond donors (Lipinski definition) is 1. The van der Waals surface area contributed by atoms with Gasteiger partial charge in [-0.15, -0.1) is 5.10 Å². The van der Waals surface area contributed by atoms with Gasteiger partial charge in [-0.2, -0.15) is 4.98 Å². The van der Waals surface area contributed by atoms with Crippen molar-refractivity contribution in [1.29, 1.82) is 0 Å². The predicted octanol–water partition coefficient (Wildman–Crippen LogP) is 0.719. The molecule has 1 atom stereocenters. The summed E-state index contributed by atoms with van der Waals surface area (Å²) in [7, 11) is 2.27. The highest BCUT2D eigenvalue weighted by molar-refractivity contribution is 5.29. The van der Waals surface area contributed by atoms with Gasteiger partial charge in [-0.05, 0) is 46.3 Å². The van der Waals surface area contributed by atoms with Crippen molar-refractivity contribution in [3.8, 4) is 0 Å². The van der Waals surface area contributed by atoms with Crippen molar-refractivity contribution < 1.29 is 0 Å². The highest BCUT2D eigenvalue weighted by Crippen LogP contribution is 2.18. The van der Waals surface area contributed by atoms with Gasteiger partial charge in [-0.25, -0.2) is 0 Å². The van der Waals surface area contributed by atoms with Crippen molar-refractivity contribution in [1.82, 2.24) is 25.0 Å². The highest BCUT2D eigenvalue weighted by atomic mass is 15.4. The first-order chi connectivity index (χ1) is 9.72. The normalized spacial score (nSPS) is 25.5. The Hall–Kier alpha value is -1.14. The van der Waals surface area contributed by atoms with Crippen molar-refractivity contribution in [2.24, 2.45) is 0 Å². The largest absolute Gasteiger partial charge is 0.337 e. The van der Waals surface area contributed by atoms with Crippen LogP contribution >= 0.6 is 0 Å². The Morgan fingerprint density at radius 2 is 2.00 bits per heavy atom. The van der Waals surface area contributed by atoms with Gasteiger partial charge in [-0.1, -0.05) is 0 Å². The van der Waals surface area contributed by atoms with Crippen LogP contribution in [0.3, 0.4) is 0 Å². The lowest BCUT2D eigenvalue weighted by Crippen LogP contribution is -2.47. The first-order valence-corrected chi connectivity index (χ1v) is 7.79. The molecule has 1 N–H and O–H groups in total. The van der Waals surface area contributed by atoms with Crippen LogP contribution in [0.1, 0.15) is 25.1 Å². The fraction of sp³-hybridized carbons (Fsp3) is 0.857. The van der Waals surface area contributed by atoms with Gasteiger partial charge in [0.2, 0.25) is 5.95 Å². The number of aryl methyl sites for hydroxylation is 1. The quantitative estimate of drug-likeness (QED) is 0.879. The number of nitrogens with one attached hydrogen (secondary N) is 1. The van der Waals surface area contributed by atoms with E-state index in [4.69, 9.17) is 0 Å². The smallest absolute Gasteiger partial charge is 0.244 e. The molecule has 1 unspecified atom stereocenters. The SMILES string of the molecule is Cc1nc(N2CCN(CCC3CCCN3C)CC2)n[nH]1. The standard InChI is InChI=1S/C14H26N6/c1-12-15-14(17-16-12)20-10-8-19(9-11-20)7-5-13-4-3-6-18(13)2/h13H,3-11H2,1-2H3,(H,15,16,17). The topological polar surface area (TPSA) is 51.3 Å². The Bertz CT molecular complexity index is 423. The summed E-state index contributed by atoms with van der Waals surface area (Å²) in [5.41, 5.74) is 0. The molecular formula is C14H26N6. The molecule has 0 amide bonds. The predicted molar refractivity (Wildman–Crippen MR) is 80.0 cm³/mol. The third-order valence-corrected chi connectivity index (χ3v) is 4.69. The number of likely N-dealkylation sites (tertiary alicyclic amines) is 1. The number of rotatable bonds is 4. The molecule has 2 aliphatic heterocycles. The lowest BCUT2D eigenvalue weighted by molar-refractivity contribution is 0.214. The van der Waals surface area contributed by atoms with E-state index in [9.17, 15) is 0 Å². The molecule has 3 heterocycles. The Labute approximate surface area is 121 Å². The highest BCUT2D eigenvalue weighted by Gasteiger charge is 2.23. The van der Waals surface area contributed by atoms with E-state index >= 15 is 0 Å². The summed E-state index contributed by atoms with van der Waals surface area (Å²) in [5.74, 6) is 1.75. The van der Waals surface area contributed by atoms with Crippen LogP contribution in [0.5, 0.6) is 0 Å². The fourth-order valence-electron chi connectivity index (χ4n) is 3.32. The number of H-pyrrole nitrogens is 1. The number of aromatic nitrogens is 3. The van der Waals surface area contributed by atoms with Crippen LogP contribution in [0.4, 0.5) is 5.95 Å². The molecule has 0 aromatic carbocycles. The Kier molecular flexibility index (Phi) is 4.21. The van der Waals surface area contributed by atoms with Crippen LogP contribution in [0.2, 0.25) is 0 Å². The van der Waals surface area contributed by atoms with Crippen molar-refractivity contribution in [2.75, 3.05) is 51.2 Å². The summed E-state index contributed by atoms with van der Waals surface area (Å²) in [4.78, 5) is 11.8. The Morgan fingerprint density at radius 1 is 1.20 bits per heavy atom. The van der Waals surface area contributed by atoms with E-state index in [-0.39, 0.29) is 0 Å². The van der Waals surface area contributed by atoms with E-state index in [2.05, 4.69) is 36.9 Å². The molecular weight excluding hydrogens is 252 g/mol. The van der Waals surface area contributed by atoms with Crippen LogP contribution in [0.25, 0.3) is 0 Å². The molecule has 6 nitrogen and oxygen atoms in total.